The van der Waals surface area contributed by atoms with Crippen molar-refractivity contribution in [3.05, 3.63) is 105 Å². The Hall–Kier alpha value is -4.06. The van der Waals surface area contributed by atoms with E-state index < -0.39 is 17.0 Å². The van der Waals surface area contributed by atoms with E-state index in [0.717, 1.165) is 11.0 Å². The maximum absolute atomic E-state index is 12.8. The van der Waals surface area contributed by atoms with Gasteiger partial charge < -0.3 is 0 Å². The van der Waals surface area contributed by atoms with Crippen molar-refractivity contribution < 1.29 is 9.59 Å². The van der Waals surface area contributed by atoms with Gasteiger partial charge in [-0.2, -0.15) is 0 Å². The first-order valence-electron chi connectivity index (χ1n) is 8.62. The van der Waals surface area contributed by atoms with E-state index in [9.17, 15) is 19.2 Å². The molecule has 4 bridgehead atoms. The van der Waals surface area contributed by atoms with Gasteiger partial charge in [0.2, 0.25) is 0 Å². The molecule has 6 rings (SSSR count). The van der Waals surface area contributed by atoms with Gasteiger partial charge in [0.15, 0.2) is 0 Å². The Kier molecular flexibility index (Phi) is 3.30. The summed E-state index contributed by atoms with van der Waals surface area (Å²) in [5.41, 5.74) is 0.833. The zero-order chi connectivity index (χ0) is 19.4. The highest BCUT2D eigenvalue weighted by molar-refractivity contribution is 6.04. The molecule has 0 radical (unpaired) electrons. The monoisotopic (exact) mass is 368 g/mol. The lowest BCUT2D eigenvalue weighted by Gasteiger charge is -2.05. The highest BCUT2D eigenvalue weighted by atomic mass is 16.2. The first-order valence-corrected chi connectivity index (χ1v) is 8.62. The highest BCUT2D eigenvalue weighted by Gasteiger charge is 2.18. The minimum Gasteiger partial charge on any atom is -0.277 e. The minimum atomic E-state index is -0.718. The van der Waals surface area contributed by atoms with Crippen LogP contribution in [0.2, 0.25) is 0 Å². The summed E-state index contributed by atoms with van der Waals surface area (Å²) in [7, 11) is 0. The Labute approximate surface area is 157 Å². The molecule has 0 saturated carbocycles. The molecule has 0 atom stereocenters. The Morgan fingerprint density at radius 1 is 0.500 bits per heavy atom. The molecule has 0 fully saturated rings. The van der Waals surface area contributed by atoms with E-state index in [4.69, 9.17) is 0 Å². The number of carbonyl (C=O) groups excluding carboxylic acids is 2. The van der Waals surface area contributed by atoms with Crippen LogP contribution in [0, 0.1) is 0 Å². The molecular weight excluding hydrogens is 356 g/mol. The van der Waals surface area contributed by atoms with E-state index in [2.05, 4.69) is 0 Å². The van der Waals surface area contributed by atoms with Crippen molar-refractivity contribution in [3.8, 4) is 0 Å². The van der Waals surface area contributed by atoms with E-state index in [-0.39, 0.29) is 22.2 Å². The molecular formula is C22H12N2O4. The van der Waals surface area contributed by atoms with Crippen LogP contribution in [0.25, 0.3) is 21.8 Å². The predicted molar refractivity (Wildman–Crippen MR) is 105 cm³/mol. The molecule has 4 aromatic heterocycles. The molecule has 6 nitrogen and oxygen atoms in total. The van der Waals surface area contributed by atoms with Crippen LogP contribution in [-0.4, -0.2) is 20.9 Å². The van der Waals surface area contributed by atoms with Crippen molar-refractivity contribution in [3.63, 3.8) is 0 Å². The average molecular weight is 368 g/mol. The number of hydrogen-bond acceptors (Lipinski definition) is 4. The fourth-order valence-electron chi connectivity index (χ4n) is 3.44. The summed E-state index contributed by atoms with van der Waals surface area (Å²) in [6.07, 6.45) is 0. The summed E-state index contributed by atoms with van der Waals surface area (Å²) in [4.78, 5) is 50.5. The molecule has 0 aliphatic heterocycles. The smallest absolute Gasteiger partial charge is 0.267 e. The summed E-state index contributed by atoms with van der Waals surface area (Å²) in [6, 6.07) is 19.4. The highest BCUT2D eigenvalue weighted by Crippen LogP contribution is 2.19. The van der Waals surface area contributed by atoms with Crippen molar-refractivity contribution in [2.24, 2.45) is 0 Å². The molecule has 0 amide bonds. The Morgan fingerprint density at radius 2 is 0.857 bits per heavy atom. The van der Waals surface area contributed by atoms with Gasteiger partial charge in [-0.1, -0.05) is 0 Å². The van der Waals surface area contributed by atoms with Crippen molar-refractivity contribution in [1.29, 1.82) is 0 Å². The number of fused-ring (bicyclic) bond motifs is 6. The largest absolute Gasteiger partial charge is 0.277 e. The van der Waals surface area contributed by atoms with Gasteiger partial charge in [0.05, 0.1) is 0 Å². The maximum atomic E-state index is 12.8. The van der Waals surface area contributed by atoms with Crippen LogP contribution in [-0.2, 0) is 0 Å². The Morgan fingerprint density at radius 3 is 1.25 bits per heavy atom. The molecule has 28 heavy (non-hydrogen) atoms. The van der Waals surface area contributed by atoms with E-state index in [1.807, 2.05) is 24.3 Å². The average Bonchev–Trinajstić information content (AvgIpc) is 3.28. The van der Waals surface area contributed by atoms with Gasteiger partial charge in [0, 0.05) is 32.9 Å². The normalized spacial score (nSPS) is 11.4. The van der Waals surface area contributed by atoms with Crippen LogP contribution in [0.5, 0.6) is 0 Å². The van der Waals surface area contributed by atoms with Crippen LogP contribution in [0.4, 0.5) is 0 Å². The van der Waals surface area contributed by atoms with Crippen molar-refractivity contribution in [1.82, 2.24) is 9.13 Å². The third-order valence-corrected chi connectivity index (χ3v) is 4.94. The molecule has 4 heterocycles. The third kappa shape index (κ3) is 2.21. The van der Waals surface area contributed by atoms with Gasteiger partial charge in [-0.05, 0) is 72.8 Å². The van der Waals surface area contributed by atoms with Gasteiger partial charge in [-0.15, -0.1) is 0 Å². The summed E-state index contributed by atoms with van der Waals surface area (Å²) in [6.45, 7) is 0. The van der Waals surface area contributed by atoms with Crippen molar-refractivity contribution in [2.75, 3.05) is 0 Å². The number of rotatable bonds is 2. The van der Waals surface area contributed by atoms with Crippen LogP contribution in [0.15, 0.2) is 82.4 Å². The molecule has 134 valence electrons. The molecule has 6 aromatic rings. The van der Waals surface area contributed by atoms with Crippen LogP contribution < -0.4 is 11.1 Å². The SMILES string of the molecule is O=C(c1ccc(C(=O)n2c3ccc2cc3)cc1)n1c(=O)c2ccc(cc2)c1=O. The second kappa shape index (κ2) is 5.72. The van der Waals surface area contributed by atoms with Gasteiger partial charge in [0.25, 0.3) is 22.9 Å². The molecule has 2 aromatic carbocycles. The van der Waals surface area contributed by atoms with Crippen molar-refractivity contribution >= 4 is 33.6 Å². The number of hydrogen-bond donors (Lipinski definition) is 0. The topological polar surface area (TPSA) is 78.1 Å². The summed E-state index contributed by atoms with van der Waals surface area (Å²) in [5.74, 6) is -0.928. The fraction of sp³-hybridized carbons (Fsp3) is 0. The molecule has 0 unspecified atom stereocenters. The van der Waals surface area contributed by atoms with Crippen LogP contribution in [0.3, 0.4) is 0 Å². The standard InChI is InChI=1S/C22H12N2O4/c25-19(23-17-9-10-18(23)12-11-17)13-1-3-14(4-2-13)20(26)24-21(27)15-5-6-16(8-7-15)22(24)28/h1-12H. The number of carbonyl (C=O) groups is 2. The van der Waals surface area contributed by atoms with Gasteiger partial charge >= 0.3 is 0 Å². The maximum Gasteiger partial charge on any atom is 0.267 e. The quantitative estimate of drug-likeness (QED) is 0.480. The first-order chi connectivity index (χ1) is 13.5. The zero-order valence-electron chi connectivity index (χ0n) is 14.5. The third-order valence-electron chi connectivity index (χ3n) is 4.94. The lowest BCUT2D eigenvalue weighted by molar-refractivity contribution is 0.0947. The minimum absolute atomic E-state index is 0.154. The van der Waals surface area contributed by atoms with Crippen LogP contribution >= 0.6 is 0 Å². The Bertz CT molecular complexity index is 1360. The van der Waals surface area contributed by atoms with E-state index in [0.29, 0.717) is 10.1 Å². The van der Waals surface area contributed by atoms with E-state index >= 15 is 0 Å². The van der Waals surface area contributed by atoms with E-state index in [1.165, 1.54) is 48.5 Å². The number of aromatic nitrogens is 2. The predicted octanol–water partition coefficient (Wildman–Crippen LogP) is 2.57. The number of benzene rings is 3. The first kappa shape index (κ1) is 16.1. The molecule has 0 spiro atoms. The molecule has 0 N–H and O–H groups in total. The lowest BCUT2D eigenvalue weighted by atomic mass is 10.1. The van der Waals surface area contributed by atoms with Crippen molar-refractivity contribution in [2.45, 2.75) is 0 Å². The van der Waals surface area contributed by atoms with E-state index in [1.54, 1.807) is 4.57 Å². The second-order valence-corrected chi connectivity index (χ2v) is 6.56. The number of nitrogens with zero attached hydrogens (tertiary/aromatic N) is 2. The molecule has 6 heteroatoms. The summed E-state index contributed by atoms with van der Waals surface area (Å²) < 4.78 is 2.22. The van der Waals surface area contributed by atoms with Gasteiger partial charge in [0.1, 0.15) is 0 Å². The van der Waals surface area contributed by atoms with Crippen LogP contribution in [0.1, 0.15) is 20.7 Å². The Balaban J connectivity index is 1.55. The summed E-state index contributed by atoms with van der Waals surface area (Å²) in [5, 5.41) is 0.543. The van der Waals surface area contributed by atoms with Gasteiger partial charge in [-0.25, -0.2) is 4.57 Å². The molecule has 0 aliphatic carbocycles. The molecule has 0 saturated heterocycles. The second-order valence-electron chi connectivity index (χ2n) is 6.56. The van der Waals surface area contributed by atoms with Gasteiger partial charge in [-0.3, -0.25) is 23.7 Å². The molecule has 0 aliphatic rings. The lowest BCUT2D eigenvalue weighted by Crippen LogP contribution is -2.35. The fourth-order valence-corrected chi connectivity index (χ4v) is 3.44. The zero-order valence-corrected chi connectivity index (χ0v) is 14.5. The summed E-state index contributed by atoms with van der Waals surface area (Å²) >= 11 is 0.